The summed E-state index contributed by atoms with van der Waals surface area (Å²) >= 11 is 0. The Morgan fingerprint density at radius 3 is 2.37 bits per heavy atom. The first-order valence-electron chi connectivity index (χ1n) is 8.44. The van der Waals surface area contributed by atoms with Crippen molar-refractivity contribution < 1.29 is 38.4 Å². The fourth-order valence-corrected chi connectivity index (χ4v) is 4.68. The van der Waals surface area contributed by atoms with Crippen molar-refractivity contribution in [3.8, 4) is 0 Å². The molecule has 2 fully saturated rings. The molecule has 13 nitrogen and oxygen atoms in total. The second-order valence-corrected chi connectivity index (χ2v) is 8.50. The molecule has 2 saturated heterocycles. The molecule has 14 heteroatoms. The predicted octanol–water partition coefficient (Wildman–Crippen LogP) is -2.59. The van der Waals surface area contributed by atoms with E-state index >= 15 is 0 Å². The van der Waals surface area contributed by atoms with Crippen LogP contribution < -0.4 is 16.1 Å². The van der Waals surface area contributed by atoms with E-state index in [4.69, 9.17) is 34.5 Å². The molecule has 0 aromatic rings. The van der Waals surface area contributed by atoms with Crippen LogP contribution in [-0.2, 0) is 23.3 Å². The van der Waals surface area contributed by atoms with E-state index in [9.17, 15) is 15.1 Å². The Morgan fingerprint density at radius 2 is 1.81 bits per heavy atom. The molecule has 2 aliphatic heterocycles. The number of likely N-dealkylation sites (N-methyl/N-ethyl adjacent to an activating group) is 1. The summed E-state index contributed by atoms with van der Waals surface area (Å²) in [6.45, 7) is -0.00805. The van der Waals surface area contributed by atoms with E-state index in [1.54, 1.807) is 7.05 Å². The van der Waals surface area contributed by atoms with Crippen molar-refractivity contribution in [3.05, 3.63) is 0 Å². The summed E-state index contributed by atoms with van der Waals surface area (Å²) in [7, 11) is 0.392. The Bertz CT molecular complexity index is 496. The average molecular weight is 415 g/mol. The predicted molar refractivity (Wildman–Crippen MR) is 93.8 cm³/mol. The maximum atomic E-state index is 10.7. The van der Waals surface area contributed by atoms with Gasteiger partial charge < -0.3 is 0 Å². The molecule has 2 rings (SSSR count). The number of nitrogens with two attached hydrogens (primary N) is 1. The maximum absolute atomic E-state index is 10.7. The molecule has 8 N–H and O–H groups in total. The van der Waals surface area contributed by atoms with Gasteiger partial charge in [-0.05, 0) is 0 Å². The average Bonchev–Trinajstić information content (AvgIpc) is 3.10. The molecular weight excluding hydrogens is 385 g/mol. The van der Waals surface area contributed by atoms with Crippen molar-refractivity contribution in [3.63, 3.8) is 0 Å². The SMILES string of the molecule is CNC1C(O)[C@H](N=N)O[C@@H]1CO[PH](O)(NC1C(O)[C@H](N)O[C@@H]1COC)OC. The zero-order valence-electron chi connectivity index (χ0n) is 15.4. The molecule has 27 heavy (non-hydrogen) atoms. The molecule has 0 bridgehead atoms. The van der Waals surface area contributed by atoms with E-state index in [0.29, 0.717) is 0 Å². The molecule has 0 radical (unpaired) electrons. The summed E-state index contributed by atoms with van der Waals surface area (Å²) < 4.78 is 26.6. The topological polar surface area (TPSA) is 193 Å². The van der Waals surface area contributed by atoms with Crippen LogP contribution in [0.25, 0.3) is 0 Å². The van der Waals surface area contributed by atoms with E-state index in [1.807, 2.05) is 0 Å². The van der Waals surface area contributed by atoms with Crippen molar-refractivity contribution in [2.45, 2.75) is 49.0 Å². The number of aliphatic hydroxyl groups excluding tert-OH is 2. The number of nitrogens with zero attached hydrogens (tertiary/aromatic N) is 1. The number of rotatable bonds is 10. The van der Waals surface area contributed by atoms with E-state index in [0.717, 1.165) is 0 Å². The fourth-order valence-electron chi connectivity index (χ4n) is 3.19. The van der Waals surface area contributed by atoms with E-state index < -0.39 is 57.0 Å². The zero-order chi connectivity index (χ0) is 20.2. The van der Waals surface area contributed by atoms with Crippen LogP contribution in [0.4, 0.5) is 0 Å². The van der Waals surface area contributed by atoms with Crippen LogP contribution in [0.15, 0.2) is 5.11 Å². The van der Waals surface area contributed by atoms with Crippen molar-refractivity contribution in [1.29, 1.82) is 5.53 Å². The van der Waals surface area contributed by atoms with Gasteiger partial charge in [-0.25, -0.2) is 0 Å². The molecule has 2 aliphatic rings. The van der Waals surface area contributed by atoms with Crippen LogP contribution in [0, 0.1) is 5.53 Å². The van der Waals surface area contributed by atoms with Crippen LogP contribution in [0.1, 0.15) is 0 Å². The molecule has 0 aliphatic carbocycles. The molecule has 4 unspecified atom stereocenters. The van der Waals surface area contributed by atoms with Gasteiger partial charge in [-0.3, -0.25) is 0 Å². The third kappa shape index (κ3) is 5.15. The Morgan fingerprint density at radius 1 is 1.15 bits per heavy atom. The Hall–Kier alpha value is -0.410. The van der Waals surface area contributed by atoms with Crippen molar-refractivity contribution in [2.75, 3.05) is 34.5 Å². The van der Waals surface area contributed by atoms with Crippen molar-refractivity contribution in [2.24, 2.45) is 10.8 Å². The van der Waals surface area contributed by atoms with Crippen LogP contribution in [-0.4, -0.2) is 98.5 Å². The minimum absolute atomic E-state index is 0.142. The Labute approximate surface area is 157 Å². The van der Waals surface area contributed by atoms with Crippen molar-refractivity contribution >= 4 is 8.09 Å². The molecule has 0 spiro atoms. The van der Waals surface area contributed by atoms with Gasteiger partial charge in [0.2, 0.25) is 0 Å². The zero-order valence-corrected chi connectivity index (χ0v) is 16.4. The second kappa shape index (κ2) is 9.87. The van der Waals surface area contributed by atoms with Crippen LogP contribution in [0.3, 0.4) is 0 Å². The number of hydrogen-bond acceptors (Lipinski definition) is 13. The standard InChI is InChI=1S/C13H30N5O8P/c1-16-8-7(26-13(17-15)11(8)20)5-24-27(21,23-3)18-9-6(4-22-2)25-12(14)10(9)19/h6-13,15-16,18-21,27H,4-5,14H2,1-3H3/t6-,7-,8?,9?,10?,11?,12-,13-/m1/s1. The number of methoxy groups -OCH3 is 1. The first-order chi connectivity index (χ1) is 12.8. The Kier molecular flexibility index (Phi) is 8.36. The van der Waals surface area contributed by atoms with Gasteiger partial charge >= 0.3 is 157 Å². The Balaban J connectivity index is 2.01. The molecule has 8 atom stereocenters. The molecular formula is C13H30N5O8P. The molecule has 160 valence electrons. The van der Waals surface area contributed by atoms with E-state index in [-0.39, 0.29) is 13.2 Å². The molecule has 0 aromatic heterocycles. The first-order valence-corrected chi connectivity index (χ1v) is 10.2. The number of hydrogen-bond donors (Lipinski definition) is 7. The minimum atomic E-state index is -3.96. The third-order valence-electron chi connectivity index (χ3n) is 4.67. The van der Waals surface area contributed by atoms with Gasteiger partial charge in [0.05, 0.1) is 0 Å². The van der Waals surface area contributed by atoms with Gasteiger partial charge in [-0.15, -0.1) is 0 Å². The summed E-state index contributed by atoms with van der Waals surface area (Å²) in [5.41, 5.74) is 12.8. The molecule has 0 saturated carbocycles. The van der Waals surface area contributed by atoms with Crippen molar-refractivity contribution in [1.82, 2.24) is 10.4 Å². The third-order valence-corrected chi connectivity index (χ3v) is 6.48. The van der Waals surface area contributed by atoms with Crippen LogP contribution in [0.2, 0.25) is 0 Å². The quantitative estimate of drug-likeness (QED) is 0.146. The van der Waals surface area contributed by atoms with Gasteiger partial charge in [0, 0.05) is 0 Å². The van der Waals surface area contributed by atoms with E-state index in [1.165, 1.54) is 14.2 Å². The second-order valence-electron chi connectivity index (χ2n) is 6.35. The van der Waals surface area contributed by atoms with E-state index in [2.05, 4.69) is 15.5 Å². The van der Waals surface area contributed by atoms with Gasteiger partial charge in [-0.2, -0.15) is 0 Å². The monoisotopic (exact) mass is 415 g/mol. The summed E-state index contributed by atoms with van der Waals surface area (Å²) in [6.07, 6.45) is -5.39. The molecule has 0 amide bonds. The normalized spacial score (nSPS) is 40.4. The number of aliphatic hydroxyl groups is 2. The van der Waals surface area contributed by atoms with Gasteiger partial charge in [0.1, 0.15) is 0 Å². The summed E-state index contributed by atoms with van der Waals surface area (Å²) in [4.78, 5) is 10.7. The fraction of sp³-hybridized carbons (Fsp3) is 1.00. The van der Waals surface area contributed by atoms with Crippen LogP contribution in [0.5, 0.6) is 0 Å². The number of nitrogens with one attached hydrogen (secondary N) is 3. The number of ether oxygens (including phenoxy) is 3. The van der Waals surface area contributed by atoms with Crippen LogP contribution >= 0.6 is 8.09 Å². The van der Waals surface area contributed by atoms with Gasteiger partial charge in [0.15, 0.2) is 0 Å². The molecule has 2 heterocycles. The van der Waals surface area contributed by atoms with Gasteiger partial charge in [-0.1, -0.05) is 0 Å². The first kappa shape index (κ1) is 22.9. The summed E-state index contributed by atoms with van der Waals surface area (Å²) in [5, 5.41) is 29.1. The summed E-state index contributed by atoms with van der Waals surface area (Å²) in [6, 6.07) is -1.32. The van der Waals surface area contributed by atoms with Gasteiger partial charge in [0.25, 0.3) is 0 Å². The summed E-state index contributed by atoms with van der Waals surface area (Å²) in [5.74, 6) is 0. The molecule has 0 aromatic carbocycles.